The molecule has 0 saturated carbocycles. The molecule has 0 heterocycles. The van der Waals surface area contributed by atoms with E-state index in [0.717, 1.165) is 17.3 Å². The van der Waals surface area contributed by atoms with Crippen LogP contribution in [0.1, 0.15) is 19.4 Å². The minimum Gasteiger partial charge on any atom is -0.355 e. The predicted molar refractivity (Wildman–Crippen MR) is 89.6 cm³/mol. The van der Waals surface area contributed by atoms with E-state index in [1.54, 1.807) is 24.3 Å². The number of carbonyl (C=O) groups is 1. The zero-order valence-electron chi connectivity index (χ0n) is 13.1. The van der Waals surface area contributed by atoms with Crippen LogP contribution in [0, 0.1) is 11.6 Å². The zero-order valence-corrected chi connectivity index (χ0v) is 13.9. The first-order valence-corrected chi connectivity index (χ1v) is 8.27. The fourth-order valence-electron chi connectivity index (χ4n) is 2.09. The highest BCUT2D eigenvalue weighted by atomic mass is 32.2. The number of nitrogens with one attached hydrogen (secondary N) is 1. The molecule has 0 aliphatic rings. The average Bonchev–Trinajstić information content (AvgIpc) is 2.52. The van der Waals surface area contributed by atoms with Crippen molar-refractivity contribution in [3.63, 3.8) is 0 Å². The highest BCUT2D eigenvalue weighted by Gasteiger charge is 2.22. The van der Waals surface area contributed by atoms with Crippen LogP contribution in [0.5, 0.6) is 0 Å². The van der Waals surface area contributed by atoms with Gasteiger partial charge in [0.05, 0.1) is 5.75 Å². The van der Waals surface area contributed by atoms with Crippen molar-refractivity contribution in [3.8, 4) is 0 Å². The lowest BCUT2D eigenvalue weighted by Crippen LogP contribution is -2.37. The Morgan fingerprint density at radius 1 is 1.13 bits per heavy atom. The van der Waals surface area contributed by atoms with Gasteiger partial charge in [-0.3, -0.25) is 4.79 Å². The summed E-state index contributed by atoms with van der Waals surface area (Å²) in [6, 6.07) is 12.7. The molecule has 0 spiro atoms. The fourth-order valence-corrected chi connectivity index (χ4v) is 2.86. The van der Waals surface area contributed by atoms with Crippen molar-refractivity contribution >= 4 is 17.7 Å². The molecule has 2 rings (SSSR count). The topological polar surface area (TPSA) is 29.1 Å². The molecule has 1 N–H and O–H groups in total. The number of hydrogen-bond donors (Lipinski definition) is 1. The lowest BCUT2D eigenvalue weighted by Gasteiger charge is -2.25. The number of halogens is 2. The highest BCUT2D eigenvalue weighted by molar-refractivity contribution is 8.00. The first-order valence-electron chi connectivity index (χ1n) is 7.28. The Morgan fingerprint density at radius 2 is 1.87 bits per heavy atom. The van der Waals surface area contributed by atoms with E-state index in [-0.39, 0.29) is 28.7 Å². The molecule has 1 amide bonds. The van der Waals surface area contributed by atoms with Gasteiger partial charge in [0.1, 0.15) is 11.6 Å². The lowest BCUT2D eigenvalue weighted by atomic mass is 9.84. The van der Waals surface area contributed by atoms with E-state index in [4.69, 9.17) is 0 Å². The molecular weight excluding hydrogens is 316 g/mol. The molecule has 0 aliphatic carbocycles. The van der Waals surface area contributed by atoms with E-state index in [9.17, 15) is 13.6 Å². The van der Waals surface area contributed by atoms with Gasteiger partial charge in [-0.05, 0) is 29.8 Å². The first-order chi connectivity index (χ1) is 10.9. The molecule has 0 aromatic heterocycles. The smallest absolute Gasteiger partial charge is 0.230 e. The van der Waals surface area contributed by atoms with E-state index in [2.05, 4.69) is 5.32 Å². The SMILES string of the molecule is CC(C)(CNC(=O)CSc1ccccc1F)c1cccc(F)c1. The maximum Gasteiger partial charge on any atom is 0.230 e. The third-order valence-corrected chi connectivity index (χ3v) is 4.58. The predicted octanol–water partition coefficient (Wildman–Crippen LogP) is 4.15. The van der Waals surface area contributed by atoms with Crippen molar-refractivity contribution in [1.29, 1.82) is 0 Å². The van der Waals surface area contributed by atoms with Gasteiger partial charge in [-0.1, -0.05) is 38.1 Å². The molecule has 0 bridgehead atoms. The number of benzene rings is 2. The van der Waals surface area contributed by atoms with Gasteiger partial charge in [0, 0.05) is 16.9 Å². The second kappa shape index (κ2) is 7.59. The Morgan fingerprint density at radius 3 is 2.57 bits per heavy atom. The third-order valence-electron chi connectivity index (χ3n) is 3.53. The van der Waals surface area contributed by atoms with Crippen molar-refractivity contribution in [2.45, 2.75) is 24.2 Å². The average molecular weight is 335 g/mol. The Labute approximate surface area is 139 Å². The van der Waals surface area contributed by atoms with Crippen LogP contribution in [0.2, 0.25) is 0 Å². The van der Waals surface area contributed by atoms with Gasteiger partial charge in [-0.2, -0.15) is 0 Å². The molecule has 5 heteroatoms. The van der Waals surface area contributed by atoms with Crippen LogP contribution < -0.4 is 5.32 Å². The molecular formula is C18H19F2NOS. The molecule has 2 nitrogen and oxygen atoms in total. The second-order valence-corrected chi connectivity index (χ2v) is 6.91. The molecule has 122 valence electrons. The lowest BCUT2D eigenvalue weighted by molar-refractivity contribution is -0.118. The third kappa shape index (κ3) is 5.06. The van der Waals surface area contributed by atoms with Crippen LogP contribution in [-0.4, -0.2) is 18.2 Å². The first kappa shape index (κ1) is 17.5. The van der Waals surface area contributed by atoms with Gasteiger partial charge in [0.15, 0.2) is 0 Å². The van der Waals surface area contributed by atoms with Crippen molar-refractivity contribution in [2.75, 3.05) is 12.3 Å². The highest BCUT2D eigenvalue weighted by Crippen LogP contribution is 2.23. The van der Waals surface area contributed by atoms with Crippen molar-refractivity contribution in [3.05, 3.63) is 65.7 Å². The number of amides is 1. The Kier molecular flexibility index (Phi) is 5.77. The molecule has 0 saturated heterocycles. The Bertz CT molecular complexity index is 688. The van der Waals surface area contributed by atoms with Gasteiger partial charge < -0.3 is 5.32 Å². The summed E-state index contributed by atoms with van der Waals surface area (Å²) in [7, 11) is 0. The molecule has 2 aromatic rings. The standard InChI is InChI=1S/C18H19F2NOS/c1-18(2,13-6-5-7-14(19)10-13)12-21-17(22)11-23-16-9-4-3-8-15(16)20/h3-10H,11-12H2,1-2H3,(H,21,22). The van der Waals surface area contributed by atoms with E-state index in [1.807, 2.05) is 19.9 Å². The van der Waals surface area contributed by atoms with Gasteiger partial charge in [-0.15, -0.1) is 11.8 Å². The van der Waals surface area contributed by atoms with E-state index >= 15 is 0 Å². The van der Waals surface area contributed by atoms with Crippen molar-refractivity contribution in [1.82, 2.24) is 5.32 Å². The van der Waals surface area contributed by atoms with Crippen LogP contribution in [-0.2, 0) is 10.2 Å². The number of hydrogen-bond acceptors (Lipinski definition) is 2. The molecule has 0 radical (unpaired) electrons. The molecule has 0 aliphatic heterocycles. The summed E-state index contributed by atoms with van der Waals surface area (Å²) in [6.07, 6.45) is 0. The van der Waals surface area contributed by atoms with Crippen LogP contribution in [0.4, 0.5) is 8.78 Å². The van der Waals surface area contributed by atoms with Crippen molar-refractivity contribution in [2.24, 2.45) is 0 Å². The molecule has 23 heavy (non-hydrogen) atoms. The summed E-state index contributed by atoms with van der Waals surface area (Å²) in [4.78, 5) is 12.4. The Balaban J connectivity index is 1.87. The molecule has 0 fully saturated rings. The van der Waals surface area contributed by atoms with E-state index < -0.39 is 0 Å². The summed E-state index contributed by atoms with van der Waals surface area (Å²) in [5, 5.41) is 2.83. The summed E-state index contributed by atoms with van der Waals surface area (Å²) in [5.41, 5.74) is 0.431. The fraction of sp³-hybridized carbons (Fsp3) is 0.278. The second-order valence-electron chi connectivity index (χ2n) is 5.89. The maximum atomic E-state index is 13.5. The van der Waals surface area contributed by atoms with Crippen molar-refractivity contribution < 1.29 is 13.6 Å². The summed E-state index contributed by atoms with van der Waals surface area (Å²) in [6.45, 7) is 4.26. The van der Waals surface area contributed by atoms with Crippen LogP contribution in [0.3, 0.4) is 0 Å². The van der Waals surface area contributed by atoms with Crippen LogP contribution >= 0.6 is 11.8 Å². The van der Waals surface area contributed by atoms with Gasteiger partial charge >= 0.3 is 0 Å². The number of rotatable bonds is 6. The maximum absolute atomic E-state index is 13.5. The van der Waals surface area contributed by atoms with E-state index in [0.29, 0.717) is 11.4 Å². The number of carbonyl (C=O) groups excluding carboxylic acids is 1. The van der Waals surface area contributed by atoms with Gasteiger partial charge in [0.2, 0.25) is 5.91 Å². The molecule has 0 atom stereocenters. The normalized spacial score (nSPS) is 11.3. The van der Waals surface area contributed by atoms with E-state index in [1.165, 1.54) is 18.2 Å². The van der Waals surface area contributed by atoms with Gasteiger partial charge in [-0.25, -0.2) is 8.78 Å². The minimum atomic E-state index is -0.388. The molecule has 2 aromatic carbocycles. The largest absolute Gasteiger partial charge is 0.355 e. The summed E-state index contributed by atoms with van der Waals surface area (Å²) >= 11 is 1.16. The van der Waals surface area contributed by atoms with Gasteiger partial charge in [0.25, 0.3) is 0 Å². The monoisotopic (exact) mass is 335 g/mol. The van der Waals surface area contributed by atoms with Crippen LogP contribution in [0.25, 0.3) is 0 Å². The molecule has 0 unspecified atom stereocenters. The minimum absolute atomic E-state index is 0.139. The summed E-state index contributed by atoms with van der Waals surface area (Å²) < 4.78 is 26.8. The zero-order chi connectivity index (χ0) is 16.9. The number of thioether (sulfide) groups is 1. The summed E-state index contributed by atoms with van der Waals surface area (Å²) in [5.74, 6) is -0.662. The Hall–Kier alpha value is -1.88. The quantitative estimate of drug-likeness (QED) is 0.804. The van der Waals surface area contributed by atoms with Crippen LogP contribution in [0.15, 0.2) is 53.4 Å².